The number of unbranched alkanes of at least 4 members (excludes halogenated alkanes) is 50. The summed E-state index contributed by atoms with van der Waals surface area (Å²) in [6.45, 7) is 12.0. The number of rotatable bonds is 82. The fourth-order valence-electron chi connectivity index (χ4n) is 13.0. The molecule has 0 saturated carbocycles. The van der Waals surface area contributed by atoms with Crippen LogP contribution in [0.1, 0.15) is 440 Å². The standard InChI is InChI=1S/C84H164O17P2/c1-8-9-10-11-12-13-14-15-27-33-38-45-53-60-67-84(89)101-80(72-95-82(87)66-59-52-47-40-43-50-57-64-77(6)7)74-99-103(92,93)97-70-78(85)69-96-102(90,91)98-73-79(71-94-81(86)65-58-51-44-37-32-28-24-20-22-26-31-36-42-49-56-63-76(4)5)100-83(88)68-61-54-46-39-34-29-23-19-17-16-18-21-25-30-35-41-48-55-62-75(2)3/h75-80,85H,8-74H2,1-7H3,(H,90,91)(H,92,93)/t78-,79-,80-/m1/s1. The highest BCUT2D eigenvalue weighted by molar-refractivity contribution is 7.47. The van der Waals surface area contributed by atoms with E-state index in [1.165, 1.54) is 244 Å². The predicted molar refractivity (Wildman–Crippen MR) is 423 cm³/mol. The normalized spacial score (nSPS) is 13.9. The lowest BCUT2D eigenvalue weighted by molar-refractivity contribution is -0.161. The number of esters is 4. The van der Waals surface area contributed by atoms with Crippen molar-refractivity contribution in [2.45, 2.75) is 458 Å². The van der Waals surface area contributed by atoms with Gasteiger partial charge in [0.1, 0.15) is 19.3 Å². The van der Waals surface area contributed by atoms with Gasteiger partial charge in [0.25, 0.3) is 0 Å². The van der Waals surface area contributed by atoms with Gasteiger partial charge in [0.05, 0.1) is 26.4 Å². The first-order valence-corrected chi connectivity index (χ1v) is 46.3. The van der Waals surface area contributed by atoms with Gasteiger partial charge in [0.2, 0.25) is 0 Å². The van der Waals surface area contributed by atoms with Gasteiger partial charge in [-0.1, -0.05) is 389 Å². The van der Waals surface area contributed by atoms with Gasteiger partial charge < -0.3 is 33.8 Å². The van der Waals surface area contributed by atoms with Crippen molar-refractivity contribution >= 4 is 39.5 Å². The summed E-state index contributed by atoms with van der Waals surface area (Å²) in [5, 5.41) is 10.7. The Hall–Kier alpha value is -1.94. The summed E-state index contributed by atoms with van der Waals surface area (Å²) in [6, 6.07) is 0. The van der Waals surface area contributed by atoms with Gasteiger partial charge in [0, 0.05) is 25.7 Å². The van der Waals surface area contributed by atoms with Crippen LogP contribution in [-0.2, 0) is 65.4 Å². The molecule has 3 N–H and O–H groups in total. The molecule has 19 heteroatoms. The van der Waals surface area contributed by atoms with E-state index in [0.29, 0.717) is 31.6 Å². The maximum Gasteiger partial charge on any atom is 0.472 e. The SMILES string of the molecule is CCCCCCCCCCCCCCCCC(=O)O[C@H](COC(=O)CCCCCCCCCC(C)C)COP(=O)(O)OC[C@H](O)COP(=O)(O)OC[C@@H](COC(=O)CCCCCCCCCCCCCCCCCC(C)C)OC(=O)CCCCCCCCCCCCCCCCCCCCC(C)C. The highest BCUT2D eigenvalue weighted by Crippen LogP contribution is 2.45. The molecule has 0 aliphatic carbocycles. The third kappa shape index (κ3) is 78.0. The predicted octanol–water partition coefficient (Wildman–Crippen LogP) is 25.3. The van der Waals surface area contributed by atoms with Gasteiger partial charge in [0.15, 0.2) is 12.2 Å². The Bertz CT molecular complexity index is 1990. The summed E-state index contributed by atoms with van der Waals surface area (Å²) in [4.78, 5) is 73.1. The van der Waals surface area contributed by atoms with Crippen molar-refractivity contribution < 1.29 is 80.2 Å². The molecule has 2 unspecified atom stereocenters. The summed E-state index contributed by atoms with van der Waals surface area (Å²) < 4.78 is 68.8. The number of phosphoric ester groups is 2. The Morgan fingerprint density at radius 2 is 0.447 bits per heavy atom. The van der Waals surface area contributed by atoms with E-state index in [1.807, 2.05) is 0 Å². The van der Waals surface area contributed by atoms with Crippen molar-refractivity contribution in [1.29, 1.82) is 0 Å². The molecular formula is C84H164O17P2. The lowest BCUT2D eigenvalue weighted by Gasteiger charge is -2.21. The maximum absolute atomic E-state index is 13.1. The van der Waals surface area contributed by atoms with Crippen molar-refractivity contribution in [3.8, 4) is 0 Å². The molecule has 0 spiro atoms. The molecule has 0 fully saturated rings. The fraction of sp³-hybridized carbons (Fsp3) is 0.952. The van der Waals surface area contributed by atoms with Crippen LogP contribution >= 0.6 is 15.6 Å². The van der Waals surface area contributed by atoms with Crippen molar-refractivity contribution in [2.75, 3.05) is 39.6 Å². The monoisotopic (exact) mass is 1510 g/mol. The van der Waals surface area contributed by atoms with Gasteiger partial charge in [-0.2, -0.15) is 0 Å². The summed E-state index contributed by atoms with van der Waals surface area (Å²) in [6.07, 6.45) is 63.9. The highest BCUT2D eigenvalue weighted by atomic mass is 31.2. The third-order valence-corrected chi connectivity index (χ3v) is 21.5. The third-order valence-electron chi connectivity index (χ3n) is 19.6. The first-order valence-electron chi connectivity index (χ1n) is 43.3. The number of aliphatic hydroxyl groups is 1. The molecule has 0 radical (unpaired) electrons. The van der Waals surface area contributed by atoms with E-state index in [0.717, 1.165) is 108 Å². The molecule has 0 saturated heterocycles. The highest BCUT2D eigenvalue weighted by Gasteiger charge is 2.30. The van der Waals surface area contributed by atoms with Crippen molar-refractivity contribution in [2.24, 2.45) is 17.8 Å². The Balaban J connectivity index is 5.22. The minimum atomic E-state index is -4.96. The number of carbonyl (C=O) groups is 4. The van der Waals surface area contributed by atoms with Crippen LogP contribution in [0.2, 0.25) is 0 Å². The van der Waals surface area contributed by atoms with E-state index in [2.05, 4.69) is 48.5 Å². The lowest BCUT2D eigenvalue weighted by Crippen LogP contribution is -2.30. The number of aliphatic hydroxyl groups excluding tert-OH is 1. The fourth-order valence-corrected chi connectivity index (χ4v) is 14.6. The number of hydrogen-bond donors (Lipinski definition) is 3. The Morgan fingerprint density at radius 3 is 0.660 bits per heavy atom. The van der Waals surface area contributed by atoms with Crippen molar-refractivity contribution in [3.63, 3.8) is 0 Å². The molecule has 0 aromatic heterocycles. The molecule has 0 rings (SSSR count). The van der Waals surface area contributed by atoms with E-state index < -0.39 is 97.5 Å². The van der Waals surface area contributed by atoms with E-state index in [9.17, 15) is 43.2 Å². The van der Waals surface area contributed by atoms with Crippen LogP contribution in [-0.4, -0.2) is 96.7 Å². The second-order valence-electron chi connectivity index (χ2n) is 31.6. The molecule has 0 aromatic carbocycles. The van der Waals surface area contributed by atoms with Crippen LogP contribution in [0.25, 0.3) is 0 Å². The second-order valence-corrected chi connectivity index (χ2v) is 34.6. The van der Waals surface area contributed by atoms with E-state index in [4.69, 9.17) is 37.0 Å². The quantitative estimate of drug-likeness (QED) is 0.0222. The van der Waals surface area contributed by atoms with E-state index in [-0.39, 0.29) is 25.7 Å². The van der Waals surface area contributed by atoms with E-state index in [1.54, 1.807) is 0 Å². The lowest BCUT2D eigenvalue weighted by atomic mass is 10.0. The van der Waals surface area contributed by atoms with Crippen LogP contribution in [0.15, 0.2) is 0 Å². The molecule has 0 bridgehead atoms. The van der Waals surface area contributed by atoms with Crippen LogP contribution < -0.4 is 0 Å². The van der Waals surface area contributed by atoms with Crippen LogP contribution in [0, 0.1) is 17.8 Å². The minimum absolute atomic E-state index is 0.107. The summed E-state index contributed by atoms with van der Waals surface area (Å²) in [5.41, 5.74) is 0. The van der Waals surface area contributed by atoms with Crippen LogP contribution in [0.5, 0.6) is 0 Å². The van der Waals surface area contributed by atoms with Crippen LogP contribution in [0.4, 0.5) is 0 Å². The zero-order valence-corrected chi connectivity index (χ0v) is 69.6. The molecule has 103 heavy (non-hydrogen) atoms. The van der Waals surface area contributed by atoms with Gasteiger partial charge in [-0.3, -0.25) is 37.3 Å². The molecule has 0 amide bonds. The molecule has 612 valence electrons. The number of carbonyl (C=O) groups excluding carboxylic acids is 4. The molecule has 17 nitrogen and oxygen atoms in total. The zero-order chi connectivity index (χ0) is 75.8. The van der Waals surface area contributed by atoms with E-state index >= 15 is 0 Å². The number of phosphoric acid groups is 2. The number of ether oxygens (including phenoxy) is 4. The van der Waals surface area contributed by atoms with Gasteiger partial charge in [-0.15, -0.1) is 0 Å². The van der Waals surface area contributed by atoms with Gasteiger partial charge in [-0.05, 0) is 43.4 Å². The summed E-state index contributed by atoms with van der Waals surface area (Å²) in [7, 11) is -9.92. The average Bonchev–Trinajstić information content (AvgIpc) is 0.937. The maximum atomic E-state index is 13.1. The average molecular weight is 1510 g/mol. The molecule has 0 aliphatic rings. The Labute approximate surface area is 632 Å². The second kappa shape index (κ2) is 74.2. The molecule has 0 aromatic rings. The first kappa shape index (κ1) is 101. The Morgan fingerprint density at radius 1 is 0.262 bits per heavy atom. The van der Waals surface area contributed by atoms with Crippen LogP contribution in [0.3, 0.4) is 0 Å². The summed E-state index contributed by atoms with van der Waals surface area (Å²) in [5.74, 6) is 0.225. The topological polar surface area (TPSA) is 237 Å². The van der Waals surface area contributed by atoms with Gasteiger partial charge in [-0.25, -0.2) is 9.13 Å². The molecular weight excluding hydrogens is 1340 g/mol. The molecule has 5 atom stereocenters. The largest absolute Gasteiger partial charge is 0.472 e. The Kier molecular flexibility index (Phi) is 72.8. The zero-order valence-electron chi connectivity index (χ0n) is 67.8. The van der Waals surface area contributed by atoms with Gasteiger partial charge >= 0.3 is 39.5 Å². The van der Waals surface area contributed by atoms with Crippen molar-refractivity contribution in [1.82, 2.24) is 0 Å². The molecule has 0 aliphatic heterocycles. The smallest absolute Gasteiger partial charge is 0.462 e. The molecule has 0 heterocycles. The van der Waals surface area contributed by atoms with Crippen molar-refractivity contribution in [3.05, 3.63) is 0 Å². The minimum Gasteiger partial charge on any atom is -0.462 e. The first-order chi connectivity index (χ1) is 49.7. The number of hydrogen-bond acceptors (Lipinski definition) is 15. The summed E-state index contributed by atoms with van der Waals surface area (Å²) >= 11 is 0.